The Hall–Kier alpha value is -3.69. The molecule has 10 nitrogen and oxygen atoms in total. The van der Waals surface area contributed by atoms with Crippen molar-refractivity contribution in [2.45, 2.75) is 6.92 Å². The van der Waals surface area contributed by atoms with E-state index in [-0.39, 0.29) is 17.5 Å². The third-order valence-corrected chi connectivity index (χ3v) is 4.35. The van der Waals surface area contributed by atoms with Gasteiger partial charge >= 0.3 is 0 Å². The third kappa shape index (κ3) is 3.70. The first-order chi connectivity index (χ1) is 13.6. The molecule has 3 aromatic rings. The maximum absolute atomic E-state index is 12.6. The Kier molecular flexibility index (Phi) is 4.75. The lowest BCUT2D eigenvalue weighted by Gasteiger charge is -2.34. The number of hydrogen-bond donors (Lipinski definition) is 1. The molecule has 0 bridgehead atoms. The van der Waals surface area contributed by atoms with Gasteiger partial charge in [-0.2, -0.15) is 0 Å². The Morgan fingerprint density at radius 2 is 1.75 bits per heavy atom. The van der Waals surface area contributed by atoms with Crippen molar-refractivity contribution in [3.8, 4) is 0 Å². The fraction of sp³-hybridized carbons (Fsp3) is 0.278. The van der Waals surface area contributed by atoms with Crippen molar-refractivity contribution >= 4 is 23.5 Å². The van der Waals surface area contributed by atoms with Gasteiger partial charge in [0.1, 0.15) is 5.76 Å². The van der Waals surface area contributed by atoms with E-state index >= 15 is 0 Å². The average Bonchev–Trinajstić information content (AvgIpc) is 3.40. The fourth-order valence-electron chi connectivity index (χ4n) is 2.90. The van der Waals surface area contributed by atoms with E-state index in [1.807, 2.05) is 0 Å². The molecule has 3 aromatic heterocycles. The van der Waals surface area contributed by atoms with Gasteiger partial charge in [-0.3, -0.25) is 9.59 Å². The zero-order valence-corrected chi connectivity index (χ0v) is 15.2. The Balaban J connectivity index is 1.34. The lowest BCUT2D eigenvalue weighted by Crippen LogP contribution is -2.50. The number of carbonyl (C=O) groups is 2. The standard InChI is InChI=1S/C18H18N6O4/c1-12-11-16(22-28-12)19-15-5-4-13(20-21-15)17(25)23-6-8-24(9-7-23)18(26)14-3-2-10-27-14/h2-5,10-11H,6-9H2,1H3,(H,19,21,22). The van der Waals surface area contributed by atoms with E-state index in [9.17, 15) is 9.59 Å². The molecule has 0 radical (unpaired) electrons. The van der Waals surface area contributed by atoms with Gasteiger partial charge < -0.3 is 24.1 Å². The summed E-state index contributed by atoms with van der Waals surface area (Å²) in [5, 5.41) is 14.8. The van der Waals surface area contributed by atoms with Crippen LogP contribution in [0.15, 0.2) is 45.5 Å². The topological polar surface area (TPSA) is 118 Å². The van der Waals surface area contributed by atoms with Crippen LogP contribution in [-0.2, 0) is 0 Å². The van der Waals surface area contributed by atoms with Gasteiger partial charge in [-0.15, -0.1) is 10.2 Å². The van der Waals surface area contributed by atoms with E-state index in [0.29, 0.717) is 49.3 Å². The molecular weight excluding hydrogens is 364 g/mol. The monoisotopic (exact) mass is 382 g/mol. The number of aromatic nitrogens is 3. The molecule has 4 heterocycles. The zero-order valence-electron chi connectivity index (χ0n) is 15.2. The number of rotatable bonds is 4. The van der Waals surface area contributed by atoms with Crippen LogP contribution in [0.4, 0.5) is 11.6 Å². The predicted octanol–water partition coefficient (Wildman–Crippen LogP) is 1.71. The van der Waals surface area contributed by atoms with Gasteiger partial charge in [0.25, 0.3) is 11.8 Å². The Morgan fingerprint density at radius 3 is 2.32 bits per heavy atom. The smallest absolute Gasteiger partial charge is 0.289 e. The van der Waals surface area contributed by atoms with Crippen LogP contribution < -0.4 is 5.32 Å². The minimum atomic E-state index is -0.221. The highest BCUT2D eigenvalue weighted by atomic mass is 16.5. The number of hydrogen-bond acceptors (Lipinski definition) is 8. The molecule has 1 saturated heterocycles. The lowest BCUT2D eigenvalue weighted by atomic mass is 10.2. The van der Waals surface area contributed by atoms with Gasteiger partial charge in [0.2, 0.25) is 0 Å². The molecule has 2 amide bonds. The average molecular weight is 382 g/mol. The second-order valence-electron chi connectivity index (χ2n) is 6.31. The van der Waals surface area contributed by atoms with E-state index in [0.717, 1.165) is 0 Å². The van der Waals surface area contributed by atoms with Crippen LogP contribution in [0, 0.1) is 6.92 Å². The first kappa shape index (κ1) is 17.7. The molecule has 0 spiro atoms. The minimum Gasteiger partial charge on any atom is -0.459 e. The van der Waals surface area contributed by atoms with Crippen molar-refractivity contribution in [1.82, 2.24) is 25.2 Å². The van der Waals surface area contributed by atoms with E-state index in [4.69, 9.17) is 8.94 Å². The maximum Gasteiger partial charge on any atom is 0.289 e. The number of furan rings is 1. The summed E-state index contributed by atoms with van der Waals surface area (Å²) in [5.74, 6) is 1.56. The van der Waals surface area contributed by atoms with Crippen LogP contribution >= 0.6 is 0 Å². The molecule has 1 fully saturated rings. The van der Waals surface area contributed by atoms with Gasteiger partial charge in [-0.1, -0.05) is 5.16 Å². The van der Waals surface area contributed by atoms with E-state index in [2.05, 4.69) is 20.7 Å². The second-order valence-corrected chi connectivity index (χ2v) is 6.31. The molecule has 1 N–H and O–H groups in total. The SMILES string of the molecule is Cc1cc(Nc2ccc(C(=O)N3CCN(C(=O)c4ccco4)CC3)nn2)no1. The van der Waals surface area contributed by atoms with Gasteiger partial charge in [0.05, 0.1) is 6.26 Å². The number of piperazine rings is 1. The molecule has 28 heavy (non-hydrogen) atoms. The fourth-order valence-corrected chi connectivity index (χ4v) is 2.90. The third-order valence-electron chi connectivity index (χ3n) is 4.35. The summed E-state index contributed by atoms with van der Waals surface area (Å²) in [6.45, 7) is 3.50. The Morgan fingerprint density at radius 1 is 1.00 bits per heavy atom. The molecule has 0 aliphatic carbocycles. The van der Waals surface area contributed by atoms with Crippen LogP contribution in [0.5, 0.6) is 0 Å². The molecule has 0 saturated carbocycles. The van der Waals surface area contributed by atoms with Crippen LogP contribution in [0.2, 0.25) is 0 Å². The molecular formula is C18H18N6O4. The van der Waals surface area contributed by atoms with Crippen molar-refractivity contribution in [2.75, 3.05) is 31.5 Å². The minimum absolute atomic E-state index is 0.171. The largest absolute Gasteiger partial charge is 0.459 e. The van der Waals surface area contributed by atoms with Crippen molar-refractivity contribution < 1.29 is 18.5 Å². The van der Waals surface area contributed by atoms with Gasteiger partial charge in [0.15, 0.2) is 23.1 Å². The van der Waals surface area contributed by atoms with E-state index in [1.165, 1.54) is 6.26 Å². The predicted molar refractivity (Wildman–Crippen MR) is 97.1 cm³/mol. The summed E-state index contributed by atoms with van der Waals surface area (Å²) < 4.78 is 10.1. The quantitative estimate of drug-likeness (QED) is 0.725. The van der Waals surface area contributed by atoms with Crippen molar-refractivity contribution in [2.24, 2.45) is 0 Å². The molecule has 0 atom stereocenters. The number of nitrogens with one attached hydrogen (secondary N) is 1. The first-order valence-electron chi connectivity index (χ1n) is 8.76. The van der Waals surface area contributed by atoms with Crippen LogP contribution in [0.25, 0.3) is 0 Å². The summed E-state index contributed by atoms with van der Waals surface area (Å²) in [5.41, 5.74) is 0.243. The highest BCUT2D eigenvalue weighted by Gasteiger charge is 2.27. The summed E-state index contributed by atoms with van der Waals surface area (Å²) in [4.78, 5) is 28.2. The number of carbonyl (C=O) groups excluding carboxylic acids is 2. The normalized spacial score (nSPS) is 14.2. The second kappa shape index (κ2) is 7.51. The summed E-state index contributed by atoms with van der Waals surface area (Å²) in [6, 6.07) is 8.29. The van der Waals surface area contributed by atoms with Crippen molar-refractivity contribution in [3.63, 3.8) is 0 Å². The summed E-state index contributed by atoms with van der Waals surface area (Å²) in [6.07, 6.45) is 1.47. The molecule has 1 aliphatic rings. The molecule has 10 heteroatoms. The zero-order chi connectivity index (χ0) is 19.5. The summed E-state index contributed by atoms with van der Waals surface area (Å²) >= 11 is 0. The molecule has 0 unspecified atom stereocenters. The molecule has 1 aliphatic heterocycles. The van der Waals surface area contributed by atoms with E-state index in [1.54, 1.807) is 47.1 Å². The van der Waals surface area contributed by atoms with Crippen LogP contribution in [0.1, 0.15) is 26.8 Å². The number of nitrogens with zero attached hydrogens (tertiary/aromatic N) is 5. The Bertz CT molecular complexity index is 958. The summed E-state index contributed by atoms with van der Waals surface area (Å²) in [7, 11) is 0. The molecule has 0 aromatic carbocycles. The highest BCUT2D eigenvalue weighted by Crippen LogP contribution is 2.15. The van der Waals surface area contributed by atoms with Gasteiger partial charge in [-0.25, -0.2) is 0 Å². The molecule has 144 valence electrons. The van der Waals surface area contributed by atoms with Crippen molar-refractivity contribution in [1.29, 1.82) is 0 Å². The Labute approximate surface area is 160 Å². The number of aryl methyl sites for hydroxylation is 1. The highest BCUT2D eigenvalue weighted by molar-refractivity contribution is 5.93. The van der Waals surface area contributed by atoms with Crippen LogP contribution in [-0.4, -0.2) is 63.1 Å². The van der Waals surface area contributed by atoms with E-state index < -0.39 is 0 Å². The lowest BCUT2D eigenvalue weighted by molar-refractivity contribution is 0.0514. The maximum atomic E-state index is 12.6. The van der Waals surface area contributed by atoms with Gasteiger partial charge in [-0.05, 0) is 31.2 Å². The number of anilines is 2. The first-order valence-corrected chi connectivity index (χ1v) is 8.76. The van der Waals surface area contributed by atoms with Crippen LogP contribution in [0.3, 0.4) is 0 Å². The van der Waals surface area contributed by atoms with Gasteiger partial charge in [0, 0.05) is 32.2 Å². The molecule has 4 rings (SSSR count). The number of amides is 2. The van der Waals surface area contributed by atoms with Crippen molar-refractivity contribution in [3.05, 3.63) is 53.8 Å².